The van der Waals surface area contributed by atoms with Crippen LogP contribution in [0.4, 0.5) is 0 Å². The van der Waals surface area contributed by atoms with Crippen molar-refractivity contribution in [3.05, 3.63) is 39.9 Å². The Bertz CT molecular complexity index is 479. The van der Waals surface area contributed by atoms with Gasteiger partial charge in [-0.3, -0.25) is 9.20 Å². The highest BCUT2D eigenvalue weighted by Crippen LogP contribution is 2.05. The second kappa shape index (κ2) is 2.24. The van der Waals surface area contributed by atoms with E-state index in [2.05, 4.69) is 4.98 Å². The van der Waals surface area contributed by atoms with Crippen LogP contribution >= 0.6 is 0 Å². The molecule has 12 heavy (non-hydrogen) atoms. The lowest BCUT2D eigenvalue weighted by Gasteiger charge is -1.97. The maximum atomic E-state index is 11.4. The molecular weight excluding hydrogens is 152 g/mol. The van der Waals surface area contributed by atoms with Crippen LogP contribution in [-0.4, -0.2) is 9.38 Å². The molecule has 0 bridgehead atoms. The molecule has 0 radical (unpaired) electrons. The van der Waals surface area contributed by atoms with E-state index in [-0.39, 0.29) is 5.56 Å². The number of aromatic amines is 1. The normalized spacial score (nSPS) is 10.8. The van der Waals surface area contributed by atoms with Crippen LogP contribution in [0.3, 0.4) is 0 Å². The fourth-order valence-electron chi connectivity index (χ4n) is 1.35. The Balaban J connectivity index is 3.03. The maximum Gasteiger partial charge on any atom is 0.257 e. The number of aryl methyl sites for hydroxylation is 2. The smallest absolute Gasteiger partial charge is 0.257 e. The molecule has 0 aliphatic heterocycles. The van der Waals surface area contributed by atoms with Crippen LogP contribution in [0.25, 0.3) is 5.65 Å². The third-order valence-electron chi connectivity index (χ3n) is 1.98. The van der Waals surface area contributed by atoms with E-state index < -0.39 is 0 Å². The Labute approximate surface area is 69.7 Å². The van der Waals surface area contributed by atoms with Gasteiger partial charge < -0.3 is 4.98 Å². The van der Waals surface area contributed by atoms with Crippen LogP contribution in [0.15, 0.2) is 23.1 Å². The van der Waals surface area contributed by atoms with E-state index in [1.165, 1.54) is 0 Å². The van der Waals surface area contributed by atoms with E-state index in [0.29, 0.717) is 0 Å². The number of hydrogen-bond acceptors (Lipinski definition) is 1. The van der Waals surface area contributed by atoms with E-state index in [1.807, 2.05) is 19.9 Å². The Morgan fingerprint density at radius 3 is 2.92 bits per heavy atom. The molecule has 0 aliphatic rings. The van der Waals surface area contributed by atoms with Gasteiger partial charge >= 0.3 is 0 Å². The lowest BCUT2D eigenvalue weighted by atomic mass is 10.3. The fourth-order valence-corrected chi connectivity index (χ4v) is 1.35. The highest BCUT2D eigenvalue weighted by atomic mass is 16.1. The van der Waals surface area contributed by atoms with Gasteiger partial charge in [0.2, 0.25) is 0 Å². The van der Waals surface area contributed by atoms with Gasteiger partial charge in [-0.2, -0.15) is 0 Å². The topological polar surface area (TPSA) is 37.3 Å². The molecule has 0 unspecified atom stereocenters. The Kier molecular flexibility index (Phi) is 1.33. The number of fused-ring (bicyclic) bond motifs is 1. The Morgan fingerprint density at radius 1 is 1.42 bits per heavy atom. The van der Waals surface area contributed by atoms with Crippen LogP contribution in [-0.2, 0) is 0 Å². The van der Waals surface area contributed by atoms with E-state index in [1.54, 1.807) is 16.7 Å². The van der Waals surface area contributed by atoms with Gasteiger partial charge in [0.25, 0.3) is 5.56 Å². The molecule has 3 heteroatoms. The Hall–Kier alpha value is -1.51. The number of nitrogens with one attached hydrogen (secondary N) is 1. The second-order valence-corrected chi connectivity index (χ2v) is 3.01. The summed E-state index contributed by atoms with van der Waals surface area (Å²) in [6, 6.07) is 3.51. The van der Waals surface area contributed by atoms with Gasteiger partial charge in [0, 0.05) is 18.0 Å². The van der Waals surface area contributed by atoms with Crippen molar-refractivity contribution < 1.29 is 0 Å². The van der Waals surface area contributed by atoms with Crippen LogP contribution in [0.5, 0.6) is 0 Å². The van der Waals surface area contributed by atoms with Crippen molar-refractivity contribution in [3.63, 3.8) is 0 Å². The molecule has 0 aliphatic carbocycles. The average molecular weight is 162 g/mol. The summed E-state index contributed by atoms with van der Waals surface area (Å²) in [5.74, 6) is 0. The van der Waals surface area contributed by atoms with Gasteiger partial charge in [-0.25, -0.2) is 0 Å². The number of nitrogens with zero attached hydrogens (tertiary/aromatic N) is 1. The lowest BCUT2D eigenvalue weighted by molar-refractivity contribution is 1.04. The SMILES string of the molecule is Cc1cc(=O)n2ccc(C)c2[nH]1. The van der Waals surface area contributed by atoms with E-state index in [4.69, 9.17) is 0 Å². The molecule has 0 saturated carbocycles. The first-order valence-electron chi connectivity index (χ1n) is 3.86. The molecule has 2 aromatic heterocycles. The first kappa shape index (κ1) is 7.16. The number of H-pyrrole nitrogens is 1. The molecule has 0 spiro atoms. The highest BCUT2D eigenvalue weighted by Gasteiger charge is 2.00. The number of hydrogen-bond donors (Lipinski definition) is 1. The van der Waals surface area contributed by atoms with Crippen LogP contribution in [0, 0.1) is 13.8 Å². The zero-order valence-electron chi connectivity index (χ0n) is 7.09. The molecule has 0 aromatic carbocycles. The van der Waals surface area contributed by atoms with Crippen molar-refractivity contribution in [2.45, 2.75) is 13.8 Å². The monoisotopic (exact) mass is 162 g/mol. The predicted octanol–water partition coefficient (Wildman–Crippen LogP) is 1.24. The summed E-state index contributed by atoms with van der Waals surface area (Å²) in [6.45, 7) is 3.86. The zero-order chi connectivity index (χ0) is 8.72. The van der Waals surface area contributed by atoms with Gasteiger partial charge in [0.15, 0.2) is 0 Å². The van der Waals surface area contributed by atoms with Gasteiger partial charge in [-0.15, -0.1) is 0 Å². The molecule has 2 aromatic rings. The van der Waals surface area contributed by atoms with E-state index in [9.17, 15) is 4.79 Å². The predicted molar refractivity (Wildman–Crippen MR) is 47.5 cm³/mol. The van der Waals surface area contributed by atoms with Crippen LogP contribution in [0.2, 0.25) is 0 Å². The molecule has 1 N–H and O–H groups in total. The standard InChI is InChI=1S/C9H10N2O/c1-6-3-4-11-8(12)5-7(2)10-9(6)11/h3-5,10H,1-2H3. The first-order chi connectivity index (χ1) is 5.68. The molecule has 62 valence electrons. The summed E-state index contributed by atoms with van der Waals surface area (Å²) in [6.07, 6.45) is 1.78. The number of rotatable bonds is 0. The molecule has 2 heterocycles. The molecule has 3 nitrogen and oxygen atoms in total. The minimum absolute atomic E-state index is 0.0225. The summed E-state index contributed by atoms with van der Waals surface area (Å²) in [5.41, 5.74) is 2.90. The number of aromatic nitrogens is 2. The Morgan fingerprint density at radius 2 is 2.17 bits per heavy atom. The van der Waals surface area contributed by atoms with Gasteiger partial charge in [0.1, 0.15) is 5.65 Å². The minimum atomic E-state index is 0.0225. The molecular formula is C9H10N2O. The molecule has 0 saturated heterocycles. The zero-order valence-corrected chi connectivity index (χ0v) is 7.09. The van der Waals surface area contributed by atoms with Crippen molar-refractivity contribution in [3.8, 4) is 0 Å². The average Bonchev–Trinajstić information content (AvgIpc) is 2.33. The summed E-state index contributed by atoms with van der Waals surface area (Å²) in [7, 11) is 0. The summed E-state index contributed by atoms with van der Waals surface area (Å²) in [4.78, 5) is 14.5. The van der Waals surface area contributed by atoms with Crippen molar-refractivity contribution in [1.29, 1.82) is 0 Å². The summed E-state index contributed by atoms with van der Waals surface area (Å²) < 4.78 is 1.61. The van der Waals surface area contributed by atoms with E-state index in [0.717, 1.165) is 16.9 Å². The van der Waals surface area contributed by atoms with E-state index >= 15 is 0 Å². The summed E-state index contributed by atoms with van der Waals surface area (Å²) >= 11 is 0. The van der Waals surface area contributed by atoms with Crippen molar-refractivity contribution >= 4 is 5.65 Å². The summed E-state index contributed by atoms with van der Waals surface area (Å²) in [5, 5.41) is 0. The molecule has 0 amide bonds. The highest BCUT2D eigenvalue weighted by molar-refractivity contribution is 5.47. The third-order valence-corrected chi connectivity index (χ3v) is 1.98. The quantitative estimate of drug-likeness (QED) is 0.621. The van der Waals surface area contributed by atoms with Crippen molar-refractivity contribution in [1.82, 2.24) is 9.38 Å². The van der Waals surface area contributed by atoms with Crippen LogP contribution in [0.1, 0.15) is 11.3 Å². The second-order valence-electron chi connectivity index (χ2n) is 3.01. The van der Waals surface area contributed by atoms with Crippen molar-refractivity contribution in [2.75, 3.05) is 0 Å². The minimum Gasteiger partial charge on any atom is -0.345 e. The fraction of sp³-hybridized carbons (Fsp3) is 0.222. The largest absolute Gasteiger partial charge is 0.345 e. The van der Waals surface area contributed by atoms with Gasteiger partial charge in [-0.1, -0.05) is 0 Å². The van der Waals surface area contributed by atoms with Gasteiger partial charge in [0.05, 0.1) is 0 Å². The third kappa shape index (κ3) is 0.863. The molecule has 0 atom stereocenters. The lowest BCUT2D eigenvalue weighted by Crippen LogP contribution is -2.12. The van der Waals surface area contributed by atoms with Crippen molar-refractivity contribution in [2.24, 2.45) is 0 Å². The van der Waals surface area contributed by atoms with Crippen LogP contribution < -0.4 is 5.56 Å². The molecule has 2 rings (SSSR count). The first-order valence-corrected chi connectivity index (χ1v) is 3.86. The van der Waals surface area contributed by atoms with Gasteiger partial charge in [-0.05, 0) is 25.5 Å². The maximum absolute atomic E-state index is 11.4. The molecule has 0 fully saturated rings.